The topological polar surface area (TPSA) is 265 Å². The second-order valence-corrected chi connectivity index (χ2v) is 14.9. The SMILES string of the molecule is NCCCCC(NC(=O)C(CCSSCCC(NC(=O)OCc1ccccc1)C(=O)NC(CCCCN)C(O)O)NC(=O)OCc1ccccc1)C(=O)O. The van der Waals surface area contributed by atoms with Crippen molar-refractivity contribution in [2.45, 2.75) is 95.0 Å². The summed E-state index contributed by atoms with van der Waals surface area (Å²) < 4.78 is 10.6. The molecule has 2 aromatic rings. The lowest BCUT2D eigenvalue weighted by Gasteiger charge is -2.24. The van der Waals surface area contributed by atoms with Gasteiger partial charge in [0.2, 0.25) is 11.8 Å². The first kappa shape index (κ1) is 46.1. The van der Waals surface area contributed by atoms with Gasteiger partial charge in [-0.15, -0.1) is 0 Å². The Morgan fingerprint density at radius 1 is 0.593 bits per heavy atom. The number of nitrogens with two attached hydrogens (primary N) is 2. The molecule has 0 aromatic heterocycles. The largest absolute Gasteiger partial charge is 0.480 e. The first-order valence-electron chi connectivity index (χ1n) is 17.8. The number of carbonyl (C=O) groups is 5. The maximum atomic E-state index is 13.3. The summed E-state index contributed by atoms with van der Waals surface area (Å²) in [4.78, 5) is 63.7. The van der Waals surface area contributed by atoms with E-state index in [1.807, 2.05) is 12.1 Å². The van der Waals surface area contributed by atoms with E-state index in [-0.39, 0.29) is 38.9 Å². The average molecular weight is 795 g/mol. The van der Waals surface area contributed by atoms with Gasteiger partial charge in [0.15, 0.2) is 6.29 Å². The van der Waals surface area contributed by atoms with Crippen molar-refractivity contribution in [3.05, 3.63) is 71.8 Å². The van der Waals surface area contributed by atoms with Crippen molar-refractivity contribution in [2.75, 3.05) is 24.6 Å². The maximum absolute atomic E-state index is 13.3. The Kier molecular flexibility index (Phi) is 23.5. The minimum absolute atomic E-state index is 0.0217. The number of carboxylic acid groups (broad SMARTS) is 1. The summed E-state index contributed by atoms with van der Waals surface area (Å²) in [6.07, 6.45) is -0.560. The predicted molar refractivity (Wildman–Crippen MR) is 207 cm³/mol. The van der Waals surface area contributed by atoms with Gasteiger partial charge in [0.1, 0.15) is 31.3 Å². The molecule has 0 saturated carbocycles. The van der Waals surface area contributed by atoms with Crippen LogP contribution in [0.4, 0.5) is 9.59 Å². The van der Waals surface area contributed by atoms with Crippen LogP contribution in [0.15, 0.2) is 60.7 Å². The smallest absolute Gasteiger partial charge is 0.408 e. The first-order chi connectivity index (χ1) is 26.0. The molecule has 0 radical (unpaired) electrons. The number of aliphatic hydroxyl groups is 2. The molecule has 4 unspecified atom stereocenters. The van der Waals surface area contributed by atoms with E-state index >= 15 is 0 Å². The molecule has 2 rings (SSSR count). The van der Waals surface area contributed by atoms with E-state index in [9.17, 15) is 39.3 Å². The Morgan fingerprint density at radius 2 is 1.04 bits per heavy atom. The molecule has 2 aromatic carbocycles. The van der Waals surface area contributed by atoms with Gasteiger partial charge in [0.05, 0.1) is 6.04 Å². The zero-order chi connectivity index (χ0) is 39.6. The molecule has 0 aliphatic carbocycles. The summed E-state index contributed by atoms with van der Waals surface area (Å²) >= 11 is 0. The van der Waals surface area contributed by atoms with Crippen molar-refractivity contribution < 1.29 is 48.8 Å². The second kappa shape index (κ2) is 27.5. The van der Waals surface area contributed by atoms with Crippen molar-refractivity contribution in [3.8, 4) is 0 Å². The number of ether oxygens (including phenoxy) is 2. The molecule has 0 bridgehead atoms. The quantitative estimate of drug-likeness (QED) is 0.0357. The number of amides is 4. The summed E-state index contributed by atoms with van der Waals surface area (Å²) in [5.74, 6) is -1.85. The molecule has 0 fully saturated rings. The number of unbranched alkanes of at least 4 members (excludes halogenated alkanes) is 2. The molecule has 300 valence electrons. The van der Waals surface area contributed by atoms with E-state index < -0.39 is 60.4 Å². The predicted octanol–water partition coefficient (Wildman–Crippen LogP) is 2.36. The summed E-state index contributed by atoms with van der Waals surface area (Å²) in [6.45, 7) is 0.739. The van der Waals surface area contributed by atoms with Gasteiger partial charge in [-0.25, -0.2) is 14.4 Å². The summed E-state index contributed by atoms with van der Waals surface area (Å²) in [5.41, 5.74) is 12.6. The number of carboxylic acids is 1. The van der Waals surface area contributed by atoms with Crippen molar-refractivity contribution in [3.63, 3.8) is 0 Å². The molecule has 4 atom stereocenters. The van der Waals surface area contributed by atoms with Crippen LogP contribution in [0, 0.1) is 0 Å². The van der Waals surface area contributed by atoms with Gasteiger partial charge in [-0.3, -0.25) is 9.59 Å². The standard InChI is InChI=1S/C36H54N6O10S2/c37-19-9-7-15-29(33(45)46)39-31(43)27(41-35(49)51-23-25-11-3-1-4-12-25)17-21-53-54-22-18-28(32(44)40-30(34(47)48)16-8-10-20-38)42-36(50)52-24-26-13-5-2-6-14-26/h1-6,11-14,27-30,33,45-46H,7-10,15-24,37-38H2,(H,39,43)(H,40,44)(H,41,49)(H,42,50)(H,47,48). The molecule has 18 heteroatoms. The van der Waals surface area contributed by atoms with E-state index in [0.717, 1.165) is 11.1 Å². The van der Waals surface area contributed by atoms with E-state index in [0.29, 0.717) is 50.3 Å². The highest BCUT2D eigenvalue weighted by atomic mass is 33.1. The Hall–Kier alpha value is -4.07. The van der Waals surface area contributed by atoms with Gasteiger partial charge in [-0.05, 0) is 75.6 Å². The molecule has 11 N–H and O–H groups in total. The lowest BCUT2D eigenvalue weighted by atomic mass is 10.1. The van der Waals surface area contributed by atoms with Crippen LogP contribution in [0.25, 0.3) is 0 Å². The summed E-state index contributed by atoms with van der Waals surface area (Å²) in [6, 6.07) is 13.6. The van der Waals surface area contributed by atoms with Gasteiger partial charge < -0.3 is 57.5 Å². The van der Waals surface area contributed by atoms with Gasteiger partial charge in [-0.2, -0.15) is 0 Å². The monoisotopic (exact) mass is 794 g/mol. The minimum atomic E-state index is -1.83. The van der Waals surface area contributed by atoms with Gasteiger partial charge in [0.25, 0.3) is 0 Å². The van der Waals surface area contributed by atoms with Crippen LogP contribution in [0.3, 0.4) is 0 Å². The second-order valence-electron chi connectivity index (χ2n) is 12.2. The molecule has 4 amide bonds. The van der Waals surface area contributed by atoms with Crippen LogP contribution in [0.2, 0.25) is 0 Å². The normalized spacial score (nSPS) is 13.2. The molecule has 16 nitrogen and oxygen atoms in total. The van der Waals surface area contributed by atoms with Crippen LogP contribution in [0.5, 0.6) is 0 Å². The van der Waals surface area contributed by atoms with Crippen LogP contribution >= 0.6 is 21.6 Å². The van der Waals surface area contributed by atoms with Gasteiger partial charge in [-0.1, -0.05) is 82.3 Å². The van der Waals surface area contributed by atoms with Crippen molar-refractivity contribution >= 4 is 51.6 Å². The fraction of sp³-hybridized carbons (Fsp3) is 0.528. The fourth-order valence-electron chi connectivity index (χ4n) is 4.91. The molecule has 0 aliphatic rings. The molecule has 0 spiro atoms. The highest BCUT2D eigenvalue weighted by Gasteiger charge is 2.28. The molecular formula is C36H54N6O10S2. The summed E-state index contributed by atoms with van der Waals surface area (Å²) in [5, 5.41) is 39.6. The fourth-order valence-corrected chi connectivity index (χ4v) is 7.10. The van der Waals surface area contributed by atoms with Crippen LogP contribution in [0.1, 0.15) is 62.5 Å². The number of alkyl carbamates (subject to hydrolysis) is 2. The molecule has 0 heterocycles. The number of aliphatic hydroxyl groups excluding tert-OH is 1. The van der Waals surface area contributed by atoms with Crippen molar-refractivity contribution in [1.29, 1.82) is 0 Å². The Morgan fingerprint density at radius 3 is 1.46 bits per heavy atom. The number of nitrogens with one attached hydrogen (secondary N) is 4. The molecular weight excluding hydrogens is 741 g/mol. The van der Waals surface area contributed by atoms with Crippen molar-refractivity contribution in [2.24, 2.45) is 11.5 Å². The minimum Gasteiger partial charge on any atom is -0.480 e. The number of hydrogen-bond donors (Lipinski definition) is 9. The van der Waals surface area contributed by atoms with E-state index in [1.165, 1.54) is 21.6 Å². The lowest BCUT2D eigenvalue weighted by Crippen LogP contribution is -2.52. The van der Waals surface area contributed by atoms with Crippen molar-refractivity contribution in [1.82, 2.24) is 21.3 Å². The van der Waals surface area contributed by atoms with Crippen LogP contribution < -0.4 is 32.7 Å². The highest BCUT2D eigenvalue weighted by molar-refractivity contribution is 8.76. The van der Waals surface area contributed by atoms with E-state index in [4.69, 9.17) is 20.9 Å². The highest BCUT2D eigenvalue weighted by Crippen LogP contribution is 2.24. The third kappa shape index (κ3) is 19.8. The first-order valence-corrected chi connectivity index (χ1v) is 20.3. The third-order valence-electron chi connectivity index (χ3n) is 7.92. The third-order valence-corrected chi connectivity index (χ3v) is 10.4. The van der Waals surface area contributed by atoms with Crippen LogP contribution in [-0.2, 0) is 37.1 Å². The van der Waals surface area contributed by atoms with E-state index in [2.05, 4.69) is 21.3 Å². The number of aliphatic carboxylic acids is 1. The summed E-state index contributed by atoms with van der Waals surface area (Å²) in [7, 11) is 2.68. The zero-order valence-corrected chi connectivity index (χ0v) is 31.9. The molecule has 0 aliphatic heterocycles. The Bertz CT molecular complexity index is 1400. The Balaban J connectivity index is 2.01. The Labute approximate surface area is 323 Å². The number of benzene rings is 2. The van der Waals surface area contributed by atoms with Gasteiger partial charge >= 0.3 is 18.2 Å². The lowest BCUT2D eigenvalue weighted by molar-refractivity contribution is -0.142. The van der Waals surface area contributed by atoms with E-state index in [1.54, 1.807) is 48.5 Å². The number of hydrogen-bond acceptors (Lipinski definition) is 13. The molecule has 0 saturated heterocycles. The average Bonchev–Trinajstić information content (AvgIpc) is 3.16. The zero-order valence-electron chi connectivity index (χ0n) is 30.2. The number of carbonyl (C=O) groups excluding carboxylic acids is 4. The maximum Gasteiger partial charge on any atom is 0.408 e. The molecule has 54 heavy (non-hydrogen) atoms. The van der Waals surface area contributed by atoms with Crippen LogP contribution in [-0.4, -0.2) is 100 Å². The number of rotatable bonds is 27. The van der Waals surface area contributed by atoms with Gasteiger partial charge in [0, 0.05) is 11.5 Å².